The first-order valence-electron chi connectivity index (χ1n) is 12.0. The SMILES string of the molecule is Cc1cc(C(C)Nc2cccc3c2C(=O)C(=O)N3)c2oc(-c3ccccc3)c(C)c(=O)c2c1.O=C(O)C(F)(F)F. The van der Waals surface area contributed by atoms with Gasteiger partial charge in [0.25, 0.3) is 11.7 Å². The molecule has 3 aromatic carbocycles. The predicted molar refractivity (Wildman–Crippen MR) is 143 cm³/mol. The number of benzene rings is 3. The number of amides is 1. The summed E-state index contributed by atoms with van der Waals surface area (Å²) in [6.45, 7) is 5.65. The van der Waals surface area contributed by atoms with Crippen molar-refractivity contribution in [1.82, 2.24) is 0 Å². The highest BCUT2D eigenvalue weighted by Crippen LogP contribution is 2.35. The maximum atomic E-state index is 13.3. The maximum Gasteiger partial charge on any atom is 0.490 e. The van der Waals surface area contributed by atoms with E-state index in [1.807, 2.05) is 56.3 Å². The standard InChI is InChI=1S/C27H22N2O4.C2HF3O2/c1-14-12-18(16(3)28-20-10-7-11-21-22(20)24(31)27(32)29-21)26-19(13-14)23(30)15(2)25(33-26)17-8-5-4-6-9-17;3-2(4,5)1(6)7/h4-13,16,28H,1-3H3,(H,29,31,32);(H,6,7). The number of Topliss-reactive ketones (excluding diaryl/α,β-unsaturated/α-hetero) is 1. The van der Waals surface area contributed by atoms with E-state index in [1.54, 1.807) is 25.1 Å². The van der Waals surface area contributed by atoms with E-state index >= 15 is 0 Å². The Morgan fingerprint density at radius 3 is 2.27 bits per heavy atom. The first-order valence-corrected chi connectivity index (χ1v) is 12.0. The van der Waals surface area contributed by atoms with Gasteiger partial charge in [0.2, 0.25) is 0 Å². The zero-order valence-electron chi connectivity index (χ0n) is 21.5. The van der Waals surface area contributed by atoms with Gasteiger partial charge in [0.15, 0.2) is 5.43 Å². The third-order valence-corrected chi connectivity index (χ3v) is 6.25. The smallest absolute Gasteiger partial charge is 0.475 e. The molecule has 0 spiro atoms. The molecule has 5 rings (SSSR count). The molecule has 206 valence electrons. The number of nitrogens with one attached hydrogen (secondary N) is 2. The normalized spacial score (nSPS) is 13.2. The molecule has 0 aliphatic carbocycles. The lowest BCUT2D eigenvalue weighted by Gasteiger charge is -2.20. The molecule has 1 unspecified atom stereocenters. The number of carbonyl (C=O) groups is 3. The lowest BCUT2D eigenvalue weighted by molar-refractivity contribution is -0.192. The number of aliphatic carboxylic acids is 1. The van der Waals surface area contributed by atoms with Gasteiger partial charge < -0.3 is 20.2 Å². The molecule has 11 heteroatoms. The first kappa shape index (κ1) is 28.1. The molecule has 0 radical (unpaired) electrons. The van der Waals surface area contributed by atoms with Gasteiger partial charge in [-0.2, -0.15) is 13.2 Å². The molecule has 40 heavy (non-hydrogen) atoms. The van der Waals surface area contributed by atoms with E-state index in [-0.39, 0.29) is 11.5 Å². The van der Waals surface area contributed by atoms with Crippen molar-refractivity contribution in [2.75, 3.05) is 10.6 Å². The number of rotatable bonds is 4. The molecule has 3 N–H and O–H groups in total. The lowest BCUT2D eigenvalue weighted by atomic mass is 9.98. The number of carboxylic acids is 1. The highest BCUT2D eigenvalue weighted by atomic mass is 19.4. The van der Waals surface area contributed by atoms with Crippen LogP contribution in [0.1, 0.15) is 40.0 Å². The number of ketones is 1. The Morgan fingerprint density at radius 1 is 1.00 bits per heavy atom. The predicted octanol–water partition coefficient (Wildman–Crippen LogP) is 6.02. The Labute approximate surface area is 225 Å². The molecule has 8 nitrogen and oxygen atoms in total. The van der Waals surface area contributed by atoms with E-state index < -0.39 is 23.8 Å². The van der Waals surface area contributed by atoms with Crippen molar-refractivity contribution in [3.05, 3.63) is 93.1 Å². The summed E-state index contributed by atoms with van der Waals surface area (Å²) in [5, 5.41) is 13.6. The van der Waals surface area contributed by atoms with Crippen LogP contribution in [0.3, 0.4) is 0 Å². The summed E-state index contributed by atoms with van der Waals surface area (Å²) < 4.78 is 38.1. The van der Waals surface area contributed by atoms with Crippen LogP contribution in [0.25, 0.3) is 22.3 Å². The third-order valence-electron chi connectivity index (χ3n) is 6.25. The quantitative estimate of drug-likeness (QED) is 0.265. The zero-order chi connectivity index (χ0) is 29.4. The van der Waals surface area contributed by atoms with Crippen LogP contribution in [0.4, 0.5) is 24.5 Å². The van der Waals surface area contributed by atoms with E-state index in [4.69, 9.17) is 14.3 Å². The minimum atomic E-state index is -5.08. The van der Waals surface area contributed by atoms with Crippen molar-refractivity contribution < 1.29 is 37.1 Å². The van der Waals surface area contributed by atoms with Crippen molar-refractivity contribution in [2.24, 2.45) is 0 Å². The number of halogens is 3. The Hall–Kier alpha value is -4.93. The second-order valence-corrected chi connectivity index (χ2v) is 9.16. The Morgan fingerprint density at radius 2 is 1.65 bits per heavy atom. The number of carbonyl (C=O) groups excluding carboxylic acids is 2. The van der Waals surface area contributed by atoms with Crippen LogP contribution < -0.4 is 16.1 Å². The van der Waals surface area contributed by atoms with Crippen LogP contribution in [-0.2, 0) is 9.59 Å². The van der Waals surface area contributed by atoms with Crippen LogP contribution in [0, 0.1) is 13.8 Å². The number of hydrogen-bond acceptors (Lipinski definition) is 6. The van der Waals surface area contributed by atoms with Gasteiger partial charge in [0.1, 0.15) is 11.3 Å². The minimum Gasteiger partial charge on any atom is -0.475 e. The van der Waals surface area contributed by atoms with E-state index in [0.29, 0.717) is 39.2 Å². The number of anilines is 2. The van der Waals surface area contributed by atoms with Crippen molar-refractivity contribution >= 4 is 40.0 Å². The van der Waals surface area contributed by atoms with Crippen molar-refractivity contribution in [2.45, 2.75) is 33.0 Å². The fraction of sp³-hybridized carbons (Fsp3) is 0.172. The molecule has 0 saturated heterocycles. The van der Waals surface area contributed by atoms with E-state index in [0.717, 1.165) is 16.7 Å². The van der Waals surface area contributed by atoms with E-state index in [9.17, 15) is 27.6 Å². The average Bonchev–Trinajstić information content (AvgIpc) is 3.20. The van der Waals surface area contributed by atoms with Crippen LogP contribution >= 0.6 is 0 Å². The number of fused-ring (bicyclic) bond motifs is 2. The summed E-state index contributed by atoms with van der Waals surface area (Å²) in [7, 11) is 0. The molecular formula is C29H23F3N2O6. The molecule has 1 atom stereocenters. The largest absolute Gasteiger partial charge is 0.490 e. The second kappa shape index (κ2) is 10.7. The monoisotopic (exact) mass is 552 g/mol. The summed E-state index contributed by atoms with van der Waals surface area (Å²) in [5.74, 6) is -3.42. The fourth-order valence-electron chi connectivity index (χ4n) is 4.38. The van der Waals surface area contributed by atoms with Crippen LogP contribution in [0.15, 0.2) is 69.9 Å². The summed E-state index contributed by atoms with van der Waals surface area (Å²) >= 11 is 0. The molecular weight excluding hydrogens is 529 g/mol. The fourth-order valence-corrected chi connectivity index (χ4v) is 4.38. The molecule has 0 bridgehead atoms. The van der Waals surface area contributed by atoms with Crippen LogP contribution in [0.5, 0.6) is 0 Å². The number of carboxylic acid groups (broad SMARTS) is 1. The van der Waals surface area contributed by atoms with Gasteiger partial charge in [-0.05, 0) is 44.5 Å². The van der Waals surface area contributed by atoms with Gasteiger partial charge in [-0.25, -0.2) is 4.79 Å². The van der Waals surface area contributed by atoms with Gasteiger partial charge in [-0.3, -0.25) is 14.4 Å². The molecule has 1 aliphatic rings. The zero-order valence-corrected chi connectivity index (χ0v) is 21.5. The molecule has 0 saturated carbocycles. The minimum absolute atomic E-state index is 0.0715. The maximum absolute atomic E-state index is 13.3. The van der Waals surface area contributed by atoms with Crippen molar-refractivity contribution in [1.29, 1.82) is 0 Å². The van der Waals surface area contributed by atoms with Gasteiger partial charge in [0.05, 0.1) is 22.7 Å². The van der Waals surface area contributed by atoms with Gasteiger partial charge in [0, 0.05) is 22.4 Å². The number of hydrogen-bond donors (Lipinski definition) is 3. The molecule has 1 aromatic heterocycles. The molecule has 1 aliphatic heterocycles. The van der Waals surface area contributed by atoms with Crippen molar-refractivity contribution in [3.8, 4) is 11.3 Å². The molecule has 4 aromatic rings. The van der Waals surface area contributed by atoms with Crippen molar-refractivity contribution in [3.63, 3.8) is 0 Å². The summed E-state index contributed by atoms with van der Waals surface area (Å²) in [5.41, 5.74) is 4.91. The highest BCUT2D eigenvalue weighted by molar-refractivity contribution is 6.52. The van der Waals surface area contributed by atoms with E-state index in [1.165, 1.54) is 0 Å². The van der Waals surface area contributed by atoms with Crippen LogP contribution in [0.2, 0.25) is 0 Å². The lowest BCUT2D eigenvalue weighted by Crippen LogP contribution is -2.21. The number of alkyl halides is 3. The van der Waals surface area contributed by atoms with Crippen LogP contribution in [-0.4, -0.2) is 28.9 Å². The molecule has 0 fully saturated rings. The van der Waals surface area contributed by atoms with E-state index in [2.05, 4.69) is 10.6 Å². The summed E-state index contributed by atoms with van der Waals surface area (Å²) in [6.07, 6.45) is -5.08. The Bertz CT molecular complexity index is 1710. The average molecular weight is 553 g/mol. The summed E-state index contributed by atoms with van der Waals surface area (Å²) in [6, 6.07) is 18.3. The highest BCUT2D eigenvalue weighted by Gasteiger charge is 2.38. The summed E-state index contributed by atoms with van der Waals surface area (Å²) in [4.78, 5) is 46.4. The first-order chi connectivity index (χ1) is 18.8. The van der Waals surface area contributed by atoms with Gasteiger partial charge in [-0.1, -0.05) is 42.5 Å². The third kappa shape index (κ3) is 5.44. The Balaban J connectivity index is 0.000000470. The Kier molecular flexibility index (Phi) is 7.50. The second-order valence-electron chi connectivity index (χ2n) is 9.16. The van der Waals surface area contributed by atoms with Gasteiger partial charge in [-0.15, -0.1) is 0 Å². The molecule has 1 amide bonds. The topological polar surface area (TPSA) is 126 Å². The van der Waals surface area contributed by atoms with Gasteiger partial charge >= 0.3 is 12.1 Å². The molecule has 2 heterocycles. The number of aryl methyl sites for hydroxylation is 1.